The molecule has 1 atom stereocenters. The average Bonchev–Trinajstić information content (AvgIpc) is 3.28. The average molecular weight is 518 g/mol. The quantitative estimate of drug-likeness (QED) is 0.300. The topological polar surface area (TPSA) is 131 Å². The highest BCUT2D eigenvalue weighted by Gasteiger charge is 2.30. The zero-order chi connectivity index (χ0) is 27.2. The van der Waals surface area contributed by atoms with E-state index >= 15 is 0 Å². The number of carboxylic acid groups (broad SMARTS) is 1. The molecule has 0 fully saturated rings. The van der Waals surface area contributed by atoms with Crippen molar-refractivity contribution >= 4 is 23.1 Å². The van der Waals surface area contributed by atoms with Crippen molar-refractivity contribution in [3.05, 3.63) is 93.2 Å². The molecule has 2 N–H and O–H groups in total. The summed E-state index contributed by atoms with van der Waals surface area (Å²) in [6.45, 7) is 6.24. The highest BCUT2D eigenvalue weighted by atomic mass is 16.5. The molecule has 38 heavy (non-hydrogen) atoms. The van der Waals surface area contributed by atoms with Crippen molar-refractivity contribution in [2.24, 2.45) is 0 Å². The van der Waals surface area contributed by atoms with Crippen LogP contribution in [0.15, 0.2) is 63.9 Å². The molecule has 0 saturated heterocycles. The molecule has 0 bridgehead atoms. The first-order valence-electron chi connectivity index (χ1n) is 12.5. The third-order valence-corrected chi connectivity index (χ3v) is 6.45. The number of hydrogen-bond donors (Lipinski definition) is 2. The van der Waals surface area contributed by atoms with Crippen LogP contribution in [-0.2, 0) is 6.54 Å². The number of carbonyl (C=O) groups is 2. The third-order valence-electron chi connectivity index (χ3n) is 6.45. The van der Waals surface area contributed by atoms with Crippen LogP contribution in [0.3, 0.4) is 0 Å². The lowest BCUT2D eigenvalue weighted by molar-refractivity contribution is 0.0654. The van der Waals surface area contributed by atoms with E-state index in [1.165, 1.54) is 0 Å². The van der Waals surface area contributed by atoms with Crippen LogP contribution in [0, 0.1) is 13.8 Å². The Bertz CT molecular complexity index is 1480. The van der Waals surface area contributed by atoms with Crippen molar-refractivity contribution in [2.45, 2.75) is 46.2 Å². The van der Waals surface area contributed by atoms with E-state index in [1.54, 1.807) is 28.5 Å². The molecule has 4 aromatic rings. The van der Waals surface area contributed by atoms with Crippen molar-refractivity contribution < 1.29 is 19.2 Å². The van der Waals surface area contributed by atoms with Gasteiger partial charge in [-0.3, -0.25) is 14.2 Å². The molecule has 0 radical (unpaired) electrons. The maximum absolute atomic E-state index is 13.8. The third kappa shape index (κ3) is 5.74. The Kier molecular flexibility index (Phi) is 8.20. The van der Waals surface area contributed by atoms with Crippen LogP contribution in [0.25, 0.3) is 11.1 Å². The van der Waals surface area contributed by atoms with Gasteiger partial charge >= 0.3 is 6.09 Å². The molecule has 1 unspecified atom stereocenters. The summed E-state index contributed by atoms with van der Waals surface area (Å²) in [5.41, 5.74) is 2.71. The van der Waals surface area contributed by atoms with Gasteiger partial charge in [-0.25, -0.2) is 4.79 Å². The minimum atomic E-state index is -1.13. The molecule has 4 rings (SSSR count). The number of nitrogens with one attached hydrogen (secondary N) is 1. The Morgan fingerprint density at radius 3 is 2.47 bits per heavy atom. The van der Waals surface area contributed by atoms with Crippen LogP contribution in [0.4, 0.5) is 4.79 Å². The van der Waals surface area contributed by atoms with Crippen LogP contribution < -0.4 is 10.9 Å². The first kappa shape index (κ1) is 26.6. The number of nitrogens with zero attached hydrogens (tertiary/aromatic N) is 4. The number of fused-ring (bicyclic) bond motifs is 1. The molecule has 10 heteroatoms. The van der Waals surface area contributed by atoms with Gasteiger partial charge in [0.2, 0.25) is 0 Å². The minimum Gasteiger partial charge on any atom is -0.465 e. The number of benzene rings is 2. The van der Waals surface area contributed by atoms with Gasteiger partial charge in [-0.15, -0.1) is 0 Å². The van der Waals surface area contributed by atoms with Gasteiger partial charge in [0.1, 0.15) is 11.2 Å². The van der Waals surface area contributed by atoms with E-state index in [2.05, 4.69) is 10.5 Å². The van der Waals surface area contributed by atoms with Crippen LogP contribution >= 0.6 is 0 Å². The zero-order valence-electron chi connectivity index (χ0n) is 21.7. The molecule has 0 aliphatic carbocycles. The second-order valence-corrected chi connectivity index (χ2v) is 9.17. The summed E-state index contributed by atoms with van der Waals surface area (Å²) >= 11 is 0. The Labute approximate surface area is 219 Å². The summed E-state index contributed by atoms with van der Waals surface area (Å²) in [6.07, 6.45) is -0.283. The van der Waals surface area contributed by atoms with Crippen molar-refractivity contribution in [2.75, 3.05) is 13.1 Å². The van der Waals surface area contributed by atoms with Crippen LogP contribution in [0.5, 0.6) is 0 Å². The molecular formula is C28H31N5O5. The van der Waals surface area contributed by atoms with E-state index in [1.807, 2.05) is 56.3 Å². The van der Waals surface area contributed by atoms with E-state index in [0.29, 0.717) is 35.3 Å². The van der Waals surface area contributed by atoms with E-state index < -0.39 is 12.1 Å². The summed E-state index contributed by atoms with van der Waals surface area (Å²) in [5.74, 6) is 0.151. The smallest absolute Gasteiger partial charge is 0.404 e. The van der Waals surface area contributed by atoms with Crippen LogP contribution in [0.1, 0.15) is 58.8 Å². The van der Waals surface area contributed by atoms with E-state index in [0.717, 1.165) is 11.1 Å². The Morgan fingerprint density at radius 2 is 1.82 bits per heavy atom. The molecule has 2 aromatic heterocycles. The highest BCUT2D eigenvalue weighted by Crippen LogP contribution is 2.27. The van der Waals surface area contributed by atoms with Gasteiger partial charge in [-0.2, -0.15) is 4.98 Å². The molecule has 0 spiro atoms. The maximum Gasteiger partial charge on any atom is 0.404 e. The molecule has 2 amide bonds. The summed E-state index contributed by atoms with van der Waals surface area (Å²) in [7, 11) is 0. The Morgan fingerprint density at radius 1 is 1.11 bits per heavy atom. The van der Waals surface area contributed by atoms with Crippen molar-refractivity contribution in [3.63, 3.8) is 0 Å². The van der Waals surface area contributed by atoms with E-state index in [-0.39, 0.29) is 36.8 Å². The van der Waals surface area contributed by atoms with E-state index in [4.69, 9.17) is 14.6 Å². The molecule has 0 saturated carbocycles. The lowest BCUT2D eigenvalue weighted by Gasteiger charge is -2.32. The van der Waals surface area contributed by atoms with Gasteiger partial charge in [0.25, 0.3) is 17.2 Å². The van der Waals surface area contributed by atoms with Gasteiger partial charge in [0.15, 0.2) is 0 Å². The van der Waals surface area contributed by atoms with Gasteiger partial charge in [-0.1, -0.05) is 60.1 Å². The highest BCUT2D eigenvalue weighted by molar-refractivity contribution is 5.94. The normalized spacial score (nSPS) is 11.9. The summed E-state index contributed by atoms with van der Waals surface area (Å²) in [6, 6.07) is 16.2. The number of hydrogen-bond acceptors (Lipinski definition) is 6. The predicted octanol–water partition coefficient (Wildman–Crippen LogP) is 4.30. The molecule has 2 aromatic carbocycles. The van der Waals surface area contributed by atoms with Gasteiger partial charge in [0.05, 0.1) is 18.3 Å². The zero-order valence-corrected chi connectivity index (χ0v) is 21.7. The molecular weight excluding hydrogens is 486 g/mol. The van der Waals surface area contributed by atoms with Gasteiger partial charge in [0, 0.05) is 18.7 Å². The molecule has 0 aliphatic heterocycles. The largest absolute Gasteiger partial charge is 0.465 e. The number of aryl methyl sites for hydroxylation is 2. The Hall–Kier alpha value is -4.47. The molecule has 0 aliphatic rings. The summed E-state index contributed by atoms with van der Waals surface area (Å²) < 4.78 is 6.96. The first-order chi connectivity index (χ1) is 18.3. The fourth-order valence-electron chi connectivity index (χ4n) is 4.50. The first-order valence-corrected chi connectivity index (χ1v) is 12.5. The summed E-state index contributed by atoms with van der Waals surface area (Å²) in [5, 5.41) is 15.6. The fraction of sp³-hybridized carbons (Fsp3) is 0.321. The predicted molar refractivity (Wildman–Crippen MR) is 142 cm³/mol. The maximum atomic E-state index is 13.8. The fourth-order valence-corrected chi connectivity index (χ4v) is 4.50. The van der Waals surface area contributed by atoms with Crippen molar-refractivity contribution in [1.29, 1.82) is 0 Å². The standard InChI is InChI=1S/C28H31N5O5/c1-4-22(32(16-8-15-29-28(36)37)26(34)21-13-11-18(2)12-14-21)24-30-25-23(19(3)31-38-25)27(35)33(24)17-20-9-6-5-7-10-20/h5-7,9-14,22,29H,4,8,15-17H2,1-3H3,(H,36,37). The molecule has 10 nitrogen and oxygen atoms in total. The van der Waals surface area contributed by atoms with Crippen LogP contribution in [0.2, 0.25) is 0 Å². The molecule has 198 valence electrons. The number of rotatable bonds is 10. The van der Waals surface area contributed by atoms with Crippen LogP contribution in [-0.4, -0.2) is 49.8 Å². The lowest BCUT2D eigenvalue weighted by Crippen LogP contribution is -2.40. The molecule has 2 heterocycles. The van der Waals surface area contributed by atoms with Crippen molar-refractivity contribution in [3.8, 4) is 0 Å². The van der Waals surface area contributed by atoms with Gasteiger partial charge in [-0.05, 0) is 44.4 Å². The minimum absolute atomic E-state index is 0.126. The lowest BCUT2D eigenvalue weighted by atomic mass is 10.1. The number of carbonyl (C=O) groups excluding carboxylic acids is 1. The SMILES string of the molecule is CCC(c1nc2onc(C)c2c(=O)n1Cc1ccccc1)N(CCCNC(=O)O)C(=O)c1ccc(C)cc1. The number of aromatic nitrogens is 3. The van der Waals surface area contributed by atoms with E-state index in [9.17, 15) is 14.4 Å². The summed E-state index contributed by atoms with van der Waals surface area (Å²) in [4.78, 5) is 44.9. The number of amides is 2. The monoisotopic (exact) mass is 517 g/mol. The van der Waals surface area contributed by atoms with Crippen molar-refractivity contribution in [1.82, 2.24) is 24.9 Å². The Balaban J connectivity index is 1.82. The second kappa shape index (κ2) is 11.7. The second-order valence-electron chi connectivity index (χ2n) is 9.17. The van der Waals surface area contributed by atoms with Gasteiger partial charge < -0.3 is 19.8 Å².